The van der Waals surface area contributed by atoms with Gasteiger partial charge in [-0.25, -0.2) is 0 Å². The molecule has 0 bridgehead atoms. The van der Waals surface area contributed by atoms with Gasteiger partial charge in [-0.15, -0.1) is 0 Å². The second-order valence-electron chi connectivity index (χ2n) is 2.80. The van der Waals surface area contributed by atoms with Crippen LogP contribution in [-0.2, 0) is 6.42 Å². The molecule has 0 unspecified atom stereocenters. The van der Waals surface area contributed by atoms with Crippen LogP contribution in [0.1, 0.15) is 35.8 Å². The Kier molecular flexibility index (Phi) is 3.45. The maximum atomic E-state index is 10.4. The number of nitrogens with zero attached hydrogens (tertiary/aromatic N) is 1. The number of aldehydes is 1. The fraction of sp³-hybridized carbons (Fsp3) is 0.400. The van der Waals surface area contributed by atoms with Crippen molar-refractivity contribution in [3.8, 4) is 0 Å². The van der Waals surface area contributed by atoms with Gasteiger partial charge in [0.05, 0.1) is 0 Å². The van der Waals surface area contributed by atoms with Gasteiger partial charge in [0.25, 0.3) is 0 Å². The van der Waals surface area contributed by atoms with Gasteiger partial charge in [0.2, 0.25) is 0 Å². The van der Waals surface area contributed by atoms with Gasteiger partial charge in [0.15, 0.2) is 0 Å². The molecule has 1 heterocycles. The van der Waals surface area contributed by atoms with Crippen LogP contribution in [0.25, 0.3) is 0 Å². The summed E-state index contributed by atoms with van der Waals surface area (Å²) in [6, 6.07) is 3.57. The molecule has 0 N–H and O–H groups in total. The molecule has 0 aliphatic heterocycles. The van der Waals surface area contributed by atoms with Gasteiger partial charge in [-0.3, -0.25) is 9.78 Å². The smallest absolute Gasteiger partial charge is 0.150 e. The monoisotopic (exact) mass is 163 g/mol. The van der Waals surface area contributed by atoms with Crippen LogP contribution in [0.2, 0.25) is 0 Å². The summed E-state index contributed by atoms with van der Waals surface area (Å²) in [5.41, 5.74) is 1.73. The molecule has 64 valence electrons. The molecule has 0 amide bonds. The van der Waals surface area contributed by atoms with E-state index in [1.54, 1.807) is 12.3 Å². The molecular weight excluding hydrogens is 150 g/mol. The van der Waals surface area contributed by atoms with Gasteiger partial charge in [-0.2, -0.15) is 0 Å². The zero-order valence-corrected chi connectivity index (χ0v) is 7.29. The molecule has 0 aromatic carbocycles. The SMILES string of the molecule is CCCCc1cc(C=O)ccn1. The summed E-state index contributed by atoms with van der Waals surface area (Å²) in [5, 5.41) is 0. The first-order valence-corrected chi connectivity index (χ1v) is 4.27. The minimum atomic E-state index is 0.719. The topological polar surface area (TPSA) is 30.0 Å². The maximum Gasteiger partial charge on any atom is 0.150 e. The normalized spacial score (nSPS) is 9.75. The lowest BCUT2D eigenvalue weighted by Crippen LogP contribution is -1.91. The van der Waals surface area contributed by atoms with Crippen molar-refractivity contribution in [2.24, 2.45) is 0 Å². The first-order valence-electron chi connectivity index (χ1n) is 4.27. The van der Waals surface area contributed by atoms with Crippen molar-refractivity contribution < 1.29 is 4.79 Å². The lowest BCUT2D eigenvalue weighted by atomic mass is 10.1. The quantitative estimate of drug-likeness (QED) is 0.637. The van der Waals surface area contributed by atoms with Crippen LogP contribution in [0.5, 0.6) is 0 Å². The molecule has 0 aliphatic carbocycles. The molecule has 1 aromatic heterocycles. The number of pyridine rings is 1. The van der Waals surface area contributed by atoms with Crippen LogP contribution in [0.3, 0.4) is 0 Å². The number of carbonyl (C=O) groups is 1. The number of hydrogen-bond donors (Lipinski definition) is 0. The number of carbonyl (C=O) groups excluding carboxylic acids is 1. The van der Waals surface area contributed by atoms with Gasteiger partial charge in [-0.05, 0) is 25.0 Å². The molecular formula is C10H13NO. The molecule has 1 aromatic rings. The van der Waals surface area contributed by atoms with Crippen molar-refractivity contribution in [2.45, 2.75) is 26.2 Å². The Balaban J connectivity index is 2.66. The lowest BCUT2D eigenvalue weighted by molar-refractivity contribution is 0.112. The Hall–Kier alpha value is -1.18. The summed E-state index contributed by atoms with van der Waals surface area (Å²) >= 11 is 0. The third kappa shape index (κ3) is 2.46. The van der Waals surface area contributed by atoms with E-state index in [4.69, 9.17) is 0 Å². The van der Waals surface area contributed by atoms with E-state index >= 15 is 0 Å². The third-order valence-electron chi connectivity index (χ3n) is 1.76. The zero-order valence-electron chi connectivity index (χ0n) is 7.29. The Bertz CT molecular complexity index is 258. The molecule has 1 rings (SSSR count). The van der Waals surface area contributed by atoms with E-state index in [1.807, 2.05) is 6.07 Å². The van der Waals surface area contributed by atoms with Crippen molar-refractivity contribution in [1.29, 1.82) is 0 Å². The fourth-order valence-electron chi connectivity index (χ4n) is 1.06. The second kappa shape index (κ2) is 4.65. The van der Waals surface area contributed by atoms with Gasteiger partial charge >= 0.3 is 0 Å². The highest BCUT2D eigenvalue weighted by Crippen LogP contribution is 2.03. The molecule has 2 heteroatoms. The molecule has 0 atom stereocenters. The second-order valence-corrected chi connectivity index (χ2v) is 2.80. The van der Waals surface area contributed by atoms with Crippen LogP contribution in [0.4, 0.5) is 0 Å². The Morgan fingerprint density at radius 1 is 1.58 bits per heavy atom. The Morgan fingerprint density at radius 2 is 2.42 bits per heavy atom. The standard InChI is InChI=1S/C10H13NO/c1-2-3-4-10-7-9(8-12)5-6-11-10/h5-8H,2-4H2,1H3. The molecule has 0 saturated carbocycles. The minimum absolute atomic E-state index is 0.719. The third-order valence-corrected chi connectivity index (χ3v) is 1.76. The highest BCUT2D eigenvalue weighted by Gasteiger charge is 1.95. The fourth-order valence-corrected chi connectivity index (χ4v) is 1.06. The van der Waals surface area contributed by atoms with Gasteiger partial charge in [-0.1, -0.05) is 13.3 Å². The number of aromatic nitrogens is 1. The highest BCUT2D eigenvalue weighted by molar-refractivity contribution is 5.74. The molecule has 0 saturated heterocycles. The first-order chi connectivity index (χ1) is 5.86. The highest BCUT2D eigenvalue weighted by atomic mass is 16.1. The van der Waals surface area contributed by atoms with Crippen molar-refractivity contribution >= 4 is 6.29 Å². The van der Waals surface area contributed by atoms with E-state index in [9.17, 15) is 4.79 Å². The van der Waals surface area contributed by atoms with E-state index in [0.29, 0.717) is 0 Å². The molecule has 0 fully saturated rings. The van der Waals surface area contributed by atoms with E-state index in [2.05, 4.69) is 11.9 Å². The maximum absolute atomic E-state index is 10.4. The molecule has 0 radical (unpaired) electrons. The Labute approximate surface area is 72.6 Å². The number of unbranched alkanes of at least 4 members (excludes halogenated alkanes) is 1. The summed E-state index contributed by atoms with van der Waals surface area (Å²) in [6.45, 7) is 2.14. The molecule has 0 spiro atoms. The van der Waals surface area contributed by atoms with Crippen molar-refractivity contribution in [2.75, 3.05) is 0 Å². The van der Waals surface area contributed by atoms with Gasteiger partial charge in [0.1, 0.15) is 6.29 Å². The van der Waals surface area contributed by atoms with E-state index < -0.39 is 0 Å². The number of aryl methyl sites for hydroxylation is 1. The van der Waals surface area contributed by atoms with Crippen LogP contribution in [0, 0.1) is 0 Å². The summed E-state index contributed by atoms with van der Waals surface area (Å²) in [5.74, 6) is 0. The van der Waals surface area contributed by atoms with E-state index in [-0.39, 0.29) is 0 Å². The minimum Gasteiger partial charge on any atom is -0.298 e. The van der Waals surface area contributed by atoms with Crippen LogP contribution in [0.15, 0.2) is 18.3 Å². The first kappa shape index (κ1) is 8.91. The predicted molar refractivity (Wildman–Crippen MR) is 48.2 cm³/mol. The van der Waals surface area contributed by atoms with Crippen molar-refractivity contribution in [1.82, 2.24) is 4.98 Å². The molecule has 2 nitrogen and oxygen atoms in total. The van der Waals surface area contributed by atoms with E-state index in [1.165, 1.54) is 0 Å². The van der Waals surface area contributed by atoms with Crippen molar-refractivity contribution in [3.63, 3.8) is 0 Å². The van der Waals surface area contributed by atoms with Crippen LogP contribution >= 0.6 is 0 Å². The van der Waals surface area contributed by atoms with Crippen molar-refractivity contribution in [3.05, 3.63) is 29.6 Å². The lowest BCUT2D eigenvalue weighted by Gasteiger charge is -1.98. The molecule has 12 heavy (non-hydrogen) atoms. The average molecular weight is 163 g/mol. The Morgan fingerprint density at radius 3 is 3.08 bits per heavy atom. The summed E-state index contributed by atoms with van der Waals surface area (Å²) in [6.07, 6.45) is 5.81. The summed E-state index contributed by atoms with van der Waals surface area (Å²) in [4.78, 5) is 14.6. The average Bonchev–Trinajstić information content (AvgIpc) is 2.15. The summed E-state index contributed by atoms with van der Waals surface area (Å²) < 4.78 is 0. The van der Waals surface area contributed by atoms with E-state index in [0.717, 1.165) is 36.8 Å². The van der Waals surface area contributed by atoms with Crippen LogP contribution < -0.4 is 0 Å². The largest absolute Gasteiger partial charge is 0.298 e. The zero-order chi connectivity index (χ0) is 8.81. The number of hydrogen-bond acceptors (Lipinski definition) is 2. The van der Waals surface area contributed by atoms with Gasteiger partial charge < -0.3 is 0 Å². The van der Waals surface area contributed by atoms with Crippen LogP contribution in [-0.4, -0.2) is 11.3 Å². The predicted octanol–water partition coefficient (Wildman–Crippen LogP) is 2.24. The summed E-state index contributed by atoms with van der Waals surface area (Å²) in [7, 11) is 0. The number of rotatable bonds is 4. The van der Waals surface area contributed by atoms with Gasteiger partial charge in [0, 0.05) is 17.5 Å². The molecule has 0 aliphatic rings.